The van der Waals surface area contributed by atoms with E-state index in [4.69, 9.17) is 0 Å². The summed E-state index contributed by atoms with van der Waals surface area (Å²) in [7, 11) is 0. The molecule has 122 valence electrons. The third-order valence-corrected chi connectivity index (χ3v) is 4.39. The van der Waals surface area contributed by atoms with Gasteiger partial charge in [0, 0.05) is 11.1 Å². The summed E-state index contributed by atoms with van der Waals surface area (Å²) in [6, 6.07) is 21.7. The number of urea groups is 1. The predicted octanol–water partition coefficient (Wildman–Crippen LogP) is 6.00. The lowest BCUT2D eigenvalue weighted by molar-refractivity contribution is 0.262. The van der Waals surface area contributed by atoms with Gasteiger partial charge in [0.1, 0.15) is 0 Å². The van der Waals surface area contributed by atoms with Gasteiger partial charge < -0.3 is 10.6 Å². The predicted molar refractivity (Wildman–Crippen MR) is 102 cm³/mol. The van der Waals surface area contributed by atoms with Gasteiger partial charge in [-0.15, -0.1) is 0 Å². The highest BCUT2D eigenvalue weighted by atomic mass is 16.2. The topological polar surface area (TPSA) is 41.1 Å². The number of fused-ring (bicyclic) bond motifs is 1. The molecule has 3 nitrogen and oxygen atoms in total. The average Bonchev–Trinajstić information content (AvgIpc) is 2.62. The number of benzene rings is 3. The van der Waals surface area contributed by atoms with Crippen molar-refractivity contribution >= 4 is 28.2 Å². The number of hydrogen-bond acceptors (Lipinski definition) is 1. The van der Waals surface area contributed by atoms with Gasteiger partial charge in [-0.1, -0.05) is 68.4 Å². The lowest BCUT2D eigenvalue weighted by Crippen LogP contribution is -2.20. The molecule has 2 amide bonds. The summed E-state index contributed by atoms with van der Waals surface area (Å²) in [5.74, 6) is 0.402. The number of nitrogens with one attached hydrogen (secondary N) is 2. The SMILES string of the molecule is CC[C@@H](C)c1ccccc1NC(=O)Nc1cccc2ccccc12. The summed E-state index contributed by atoms with van der Waals surface area (Å²) >= 11 is 0. The van der Waals surface area contributed by atoms with E-state index in [1.54, 1.807) is 0 Å². The Morgan fingerprint density at radius 1 is 0.875 bits per heavy atom. The van der Waals surface area contributed by atoms with E-state index in [2.05, 4.69) is 30.5 Å². The molecule has 0 aliphatic heterocycles. The van der Waals surface area contributed by atoms with Crippen molar-refractivity contribution in [2.24, 2.45) is 0 Å². The van der Waals surface area contributed by atoms with Crippen molar-refractivity contribution in [3.05, 3.63) is 72.3 Å². The van der Waals surface area contributed by atoms with Crippen LogP contribution in [-0.4, -0.2) is 6.03 Å². The second-order valence-corrected chi connectivity index (χ2v) is 6.00. The Labute approximate surface area is 142 Å². The lowest BCUT2D eigenvalue weighted by Gasteiger charge is -2.16. The van der Waals surface area contributed by atoms with E-state index in [0.29, 0.717) is 5.92 Å². The number of rotatable bonds is 4. The number of hydrogen-bond donors (Lipinski definition) is 2. The van der Waals surface area contributed by atoms with Crippen molar-refractivity contribution in [3.8, 4) is 0 Å². The van der Waals surface area contributed by atoms with Gasteiger partial charge in [0.15, 0.2) is 0 Å². The third kappa shape index (κ3) is 3.40. The minimum Gasteiger partial charge on any atom is -0.307 e. The van der Waals surface area contributed by atoms with Crippen molar-refractivity contribution in [2.75, 3.05) is 10.6 Å². The number of carbonyl (C=O) groups is 1. The molecule has 0 aromatic heterocycles. The zero-order chi connectivity index (χ0) is 16.9. The van der Waals surface area contributed by atoms with Crippen LogP contribution in [0.5, 0.6) is 0 Å². The molecule has 0 radical (unpaired) electrons. The van der Waals surface area contributed by atoms with E-state index in [-0.39, 0.29) is 6.03 Å². The summed E-state index contributed by atoms with van der Waals surface area (Å²) in [6.07, 6.45) is 1.03. The molecule has 0 aliphatic carbocycles. The fourth-order valence-electron chi connectivity index (χ4n) is 2.87. The van der Waals surface area contributed by atoms with Gasteiger partial charge >= 0.3 is 6.03 Å². The Hall–Kier alpha value is -2.81. The van der Waals surface area contributed by atoms with Gasteiger partial charge in [-0.3, -0.25) is 0 Å². The van der Waals surface area contributed by atoms with Crippen molar-refractivity contribution in [1.82, 2.24) is 0 Å². The van der Waals surface area contributed by atoms with Crippen molar-refractivity contribution in [1.29, 1.82) is 0 Å². The summed E-state index contributed by atoms with van der Waals surface area (Å²) < 4.78 is 0. The molecule has 2 N–H and O–H groups in total. The van der Waals surface area contributed by atoms with Crippen LogP contribution in [0.15, 0.2) is 66.7 Å². The van der Waals surface area contributed by atoms with E-state index in [9.17, 15) is 4.79 Å². The number of amides is 2. The maximum atomic E-state index is 12.5. The molecule has 24 heavy (non-hydrogen) atoms. The first-order valence-electron chi connectivity index (χ1n) is 8.33. The molecule has 0 saturated heterocycles. The molecule has 3 rings (SSSR count). The molecule has 3 aromatic rings. The normalized spacial score (nSPS) is 11.9. The zero-order valence-electron chi connectivity index (χ0n) is 14.0. The first kappa shape index (κ1) is 16.1. The molecular weight excluding hydrogens is 296 g/mol. The average molecular weight is 318 g/mol. The molecule has 0 aliphatic rings. The highest BCUT2D eigenvalue weighted by molar-refractivity contribution is 6.06. The highest BCUT2D eigenvalue weighted by Gasteiger charge is 2.11. The fraction of sp³-hybridized carbons (Fsp3) is 0.190. The first-order chi connectivity index (χ1) is 11.7. The van der Waals surface area contributed by atoms with Gasteiger partial charge in [0.05, 0.1) is 5.69 Å². The summed E-state index contributed by atoms with van der Waals surface area (Å²) in [5.41, 5.74) is 2.84. The van der Waals surface area contributed by atoms with Crippen LogP contribution in [0.2, 0.25) is 0 Å². The van der Waals surface area contributed by atoms with E-state index in [1.165, 1.54) is 0 Å². The van der Waals surface area contributed by atoms with Gasteiger partial charge in [-0.05, 0) is 35.4 Å². The lowest BCUT2D eigenvalue weighted by atomic mass is 9.97. The summed E-state index contributed by atoms with van der Waals surface area (Å²) in [6.45, 7) is 4.32. The molecule has 3 heteroatoms. The van der Waals surface area contributed by atoms with Crippen LogP contribution in [0.25, 0.3) is 10.8 Å². The van der Waals surface area contributed by atoms with Gasteiger partial charge in [-0.25, -0.2) is 4.79 Å². The minimum absolute atomic E-state index is 0.220. The number of para-hydroxylation sites is 1. The molecule has 0 bridgehead atoms. The molecular formula is C21H22N2O. The molecule has 1 atom stereocenters. The molecule has 0 fully saturated rings. The van der Waals surface area contributed by atoms with Crippen LogP contribution in [0, 0.1) is 0 Å². The maximum Gasteiger partial charge on any atom is 0.323 e. The Bertz CT molecular complexity index is 852. The van der Waals surface area contributed by atoms with Crippen LogP contribution in [-0.2, 0) is 0 Å². The van der Waals surface area contributed by atoms with Crippen molar-refractivity contribution < 1.29 is 4.79 Å². The molecule has 0 saturated carbocycles. The summed E-state index contributed by atoms with van der Waals surface area (Å²) in [4.78, 5) is 12.5. The largest absolute Gasteiger partial charge is 0.323 e. The number of anilines is 2. The van der Waals surface area contributed by atoms with E-state index in [1.807, 2.05) is 60.7 Å². The molecule has 3 aromatic carbocycles. The minimum atomic E-state index is -0.220. The molecule has 0 heterocycles. The Kier molecular flexibility index (Phi) is 4.80. The smallest absolute Gasteiger partial charge is 0.307 e. The van der Waals surface area contributed by atoms with Crippen LogP contribution in [0.4, 0.5) is 16.2 Å². The maximum absolute atomic E-state index is 12.5. The zero-order valence-corrected chi connectivity index (χ0v) is 14.0. The molecule has 0 spiro atoms. The van der Waals surface area contributed by atoms with E-state index < -0.39 is 0 Å². The van der Waals surface area contributed by atoms with Crippen LogP contribution in [0.1, 0.15) is 31.7 Å². The van der Waals surface area contributed by atoms with Crippen LogP contribution in [0.3, 0.4) is 0 Å². The van der Waals surface area contributed by atoms with Gasteiger partial charge in [0.2, 0.25) is 0 Å². The molecule has 0 unspecified atom stereocenters. The number of carbonyl (C=O) groups excluding carboxylic acids is 1. The van der Waals surface area contributed by atoms with Crippen molar-refractivity contribution in [2.45, 2.75) is 26.2 Å². The van der Waals surface area contributed by atoms with E-state index >= 15 is 0 Å². The standard InChI is InChI=1S/C21H22N2O/c1-3-15(2)17-11-6-7-13-19(17)22-21(24)23-20-14-8-10-16-9-4-5-12-18(16)20/h4-15H,3H2,1-2H3,(H2,22,23,24)/t15-/m1/s1. The van der Waals surface area contributed by atoms with Crippen LogP contribution >= 0.6 is 0 Å². The Balaban J connectivity index is 1.81. The Morgan fingerprint density at radius 3 is 2.33 bits per heavy atom. The quantitative estimate of drug-likeness (QED) is 0.609. The van der Waals surface area contributed by atoms with Crippen LogP contribution < -0.4 is 10.6 Å². The fourth-order valence-corrected chi connectivity index (χ4v) is 2.87. The van der Waals surface area contributed by atoms with E-state index in [0.717, 1.165) is 34.1 Å². The monoisotopic (exact) mass is 318 g/mol. The first-order valence-corrected chi connectivity index (χ1v) is 8.33. The third-order valence-electron chi connectivity index (χ3n) is 4.39. The highest BCUT2D eigenvalue weighted by Crippen LogP contribution is 2.27. The Morgan fingerprint density at radius 2 is 1.50 bits per heavy atom. The second-order valence-electron chi connectivity index (χ2n) is 6.00. The summed E-state index contributed by atoms with van der Waals surface area (Å²) in [5, 5.41) is 8.10. The van der Waals surface area contributed by atoms with Crippen molar-refractivity contribution in [3.63, 3.8) is 0 Å². The van der Waals surface area contributed by atoms with Gasteiger partial charge in [0.25, 0.3) is 0 Å². The van der Waals surface area contributed by atoms with Gasteiger partial charge in [-0.2, -0.15) is 0 Å². The second kappa shape index (κ2) is 7.18.